The van der Waals surface area contributed by atoms with E-state index in [4.69, 9.17) is 5.73 Å². The predicted octanol–water partition coefficient (Wildman–Crippen LogP) is 4.97. The van der Waals surface area contributed by atoms with Crippen molar-refractivity contribution in [1.29, 1.82) is 0 Å². The van der Waals surface area contributed by atoms with Crippen LogP contribution in [-0.4, -0.2) is 32.8 Å². The van der Waals surface area contributed by atoms with Crippen LogP contribution in [0.4, 0.5) is 10.9 Å². The number of hydrogen-bond acceptors (Lipinski definition) is 8. The summed E-state index contributed by atoms with van der Waals surface area (Å²) in [6.45, 7) is 14.4. The number of aromatic nitrogens is 4. The van der Waals surface area contributed by atoms with E-state index >= 15 is 0 Å². The zero-order chi connectivity index (χ0) is 24.9. The summed E-state index contributed by atoms with van der Waals surface area (Å²) in [5, 5.41) is 24.5. The largest absolute Gasteiger partial charge is 0.334 e. The van der Waals surface area contributed by atoms with E-state index in [1.54, 1.807) is 6.07 Å². The molecule has 2 aromatic rings. The number of carbonyl (C=O) groups is 1. The molecule has 0 aliphatic rings. The van der Waals surface area contributed by atoms with E-state index in [1.807, 2.05) is 39.0 Å². The van der Waals surface area contributed by atoms with Gasteiger partial charge in [0.15, 0.2) is 5.82 Å². The summed E-state index contributed by atoms with van der Waals surface area (Å²) < 4.78 is 0. The first-order valence-electron chi connectivity index (χ1n) is 11.4. The standard InChI is InChI=1S/C25H35N7OS/c1-6-17(2)15-23(33)28-22-12-11-21(29-30-22)9-7-8-10-24-31-32-25(34-24)27-20(5)14-18(3)13-19(4)16-26/h6,11-13H,3,5,7-10,14-16,26H2,1-2,4H3,(H,27,32)(H,28,30,33)/b17-6+,19-13+. The van der Waals surface area contributed by atoms with E-state index in [9.17, 15) is 4.79 Å². The fourth-order valence-corrected chi connectivity index (χ4v) is 3.85. The number of amides is 1. The highest BCUT2D eigenvalue weighted by atomic mass is 32.1. The summed E-state index contributed by atoms with van der Waals surface area (Å²) in [5.41, 5.74) is 10.4. The summed E-state index contributed by atoms with van der Waals surface area (Å²) in [5.74, 6) is 0.387. The molecule has 0 aliphatic carbocycles. The molecule has 0 fully saturated rings. The third kappa shape index (κ3) is 10.2. The molecule has 4 N–H and O–H groups in total. The minimum absolute atomic E-state index is 0.0874. The second-order valence-electron chi connectivity index (χ2n) is 8.24. The van der Waals surface area contributed by atoms with Gasteiger partial charge >= 0.3 is 0 Å². The molecule has 0 spiro atoms. The number of nitrogens with zero attached hydrogens (tertiary/aromatic N) is 4. The summed E-state index contributed by atoms with van der Waals surface area (Å²) in [6, 6.07) is 3.70. The number of unbranched alkanes of at least 4 members (excludes halogenated alkanes) is 1. The molecule has 0 aliphatic heterocycles. The quantitative estimate of drug-likeness (QED) is 0.198. The zero-order valence-corrected chi connectivity index (χ0v) is 21.2. The van der Waals surface area contributed by atoms with Crippen LogP contribution in [0.3, 0.4) is 0 Å². The number of hydrogen-bond donors (Lipinski definition) is 3. The van der Waals surface area contributed by atoms with Crippen LogP contribution in [0.5, 0.6) is 0 Å². The van der Waals surface area contributed by atoms with Crippen molar-refractivity contribution >= 4 is 28.2 Å². The van der Waals surface area contributed by atoms with Gasteiger partial charge in [0, 0.05) is 31.5 Å². The first-order chi connectivity index (χ1) is 16.3. The van der Waals surface area contributed by atoms with E-state index in [0.717, 1.165) is 63.9 Å². The molecule has 9 heteroatoms. The van der Waals surface area contributed by atoms with Crippen LogP contribution in [0.1, 0.15) is 57.2 Å². The van der Waals surface area contributed by atoms with Crippen molar-refractivity contribution in [3.05, 3.63) is 70.6 Å². The second kappa shape index (κ2) is 14.2. The number of carbonyl (C=O) groups excluding carboxylic acids is 1. The van der Waals surface area contributed by atoms with Crippen molar-refractivity contribution in [2.75, 3.05) is 17.2 Å². The smallest absolute Gasteiger partial charge is 0.229 e. The molecule has 0 saturated heterocycles. The van der Waals surface area contributed by atoms with Gasteiger partial charge in [0.1, 0.15) is 5.01 Å². The van der Waals surface area contributed by atoms with Crippen molar-refractivity contribution < 1.29 is 4.79 Å². The van der Waals surface area contributed by atoms with Gasteiger partial charge in [-0.15, -0.1) is 15.3 Å². The van der Waals surface area contributed by atoms with Crippen molar-refractivity contribution in [2.45, 2.75) is 59.3 Å². The van der Waals surface area contributed by atoms with Crippen LogP contribution < -0.4 is 16.4 Å². The molecule has 2 rings (SSSR count). The Balaban J connectivity index is 1.70. The molecule has 0 radical (unpaired) electrons. The fourth-order valence-electron chi connectivity index (χ4n) is 3.02. The second-order valence-corrected chi connectivity index (χ2v) is 9.30. The molecular weight excluding hydrogens is 446 g/mol. The zero-order valence-electron chi connectivity index (χ0n) is 20.4. The third-order valence-corrected chi connectivity index (χ3v) is 5.85. The van der Waals surface area contributed by atoms with E-state index in [-0.39, 0.29) is 5.91 Å². The average molecular weight is 482 g/mol. The number of nitrogens with one attached hydrogen (secondary N) is 2. The van der Waals surface area contributed by atoms with Gasteiger partial charge in [-0.2, -0.15) is 5.10 Å². The van der Waals surface area contributed by atoms with Gasteiger partial charge in [-0.1, -0.05) is 47.8 Å². The SMILES string of the molecule is C=C(/C=C(\C)CN)CC(=C)Nc1nnc(CCCCc2ccc(NC(=O)C/C(C)=C/C)nn2)s1. The van der Waals surface area contributed by atoms with Crippen molar-refractivity contribution in [2.24, 2.45) is 5.73 Å². The van der Waals surface area contributed by atoms with Crippen LogP contribution in [0.25, 0.3) is 0 Å². The lowest BCUT2D eigenvalue weighted by atomic mass is 10.1. The Hall–Kier alpha value is -3.17. The normalized spacial score (nSPS) is 11.9. The van der Waals surface area contributed by atoms with Crippen LogP contribution in [0, 0.1) is 0 Å². The van der Waals surface area contributed by atoms with Crippen molar-refractivity contribution in [1.82, 2.24) is 20.4 Å². The summed E-state index contributed by atoms with van der Waals surface area (Å²) in [6.07, 6.45) is 8.49. The van der Waals surface area contributed by atoms with E-state index < -0.39 is 0 Å². The van der Waals surface area contributed by atoms with Crippen molar-refractivity contribution in [3.63, 3.8) is 0 Å². The molecule has 0 bridgehead atoms. The van der Waals surface area contributed by atoms with E-state index in [1.165, 1.54) is 11.3 Å². The molecule has 8 nitrogen and oxygen atoms in total. The van der Waals surface area contributed by atoms with Crippen LogP contribution in [0.2, 0.25) is 0 Å². The fraction of sp³-hybridized carbons (Fsp3) is 0.400. The maximum Gasteiger partial charge on any atom is 0.229 e. The molecular formula is C25H35N7OS. The molecule has 182 valence electrons. The Morgan fingerprint density at radius 3 is 2.47 bits per heavy atom. The van der Waals surface area contributed by atoms with Gasteiger partial charge in [-0.3, -0.25) is 4.79 Å². The summed E-state index contributed by atoms with van der Waals surface area (Å²) >= 11 is 1.53. The van der Waals surface area contributed by atoms with Gasteiger partial charge in [0.05, 0.1) is 5.69 Å². The van der Waals surface area contributed by atoms with Crippen molar-refractivity contribution in [3.8, 4) is 0 Å². The minimum Gasteiger partial charge on any atom is -0.334 e. The summed E-state index contributed by atoms with van der Waals surface area (Å²) in [4.78, 5) is 11.9. The van der Waals surface area contributed by atoms with Gasteiger partial charge < -0.3 is 16.4 Å². The van der Waals surface area contributed by atoms with Gasteiger partial charge in [0.25, 0.3) is 0 Å². The Bertz CT molecular complexity index is 1040. The highest BCUT2D eigenvalue weighted by molar-refractivity contribution is 7.15. The molecule has 2 aromatic heterocycles. The molecule has 2 heterocycles. The number of aryl methyl sites for hydroxylation is 2. The van der Waals surface area contributed by atoms with E-state index in [2.05, 4.69) is 44.2 Å². The highest BCUT2D eigenvalue weighted by Gasteiger charge is 2.07. The first kappa shape index (κ1) is 27.1. The first-order valence-corrected chi connectivity index (χ1v) is 12.2. The highest BCUT2D eigenvalue weighted by Crippen LogP contribution is 2.21. The van der Waals surface area contributed by atoms with Gasteiger partial charge in [-0.05, 0) is 57.7 Å². The number of nitrogens with two attached hydrogens (primary N) is 1. The molecule has 0 unspecified atom stereocenters. The Morgan fingerprint density at radius 1 is 1.03 bits per heavy atom. The predicted molar refractivity (Wildman–Crippen MR) is 141 cm³/mol. The lowest BCUT2D eigenvalue weighted by Crippen LogP contribution is -2.13. The van der Waals surface area contributed by atoms with Gasteiger partial charge in [0.2, 0.25) is 11.0 Å². The monoisotopic (exact) mass is 481 g/mol. The molecule has 1 amide bonds. The lowest BCUT2D eigenvalue weighted by Gasteiger charge is -2.07. The number of rotatable bonds is 14. The maximum atomic E-state index is 11.9. The average Bonchev–Trinajstić information content (AvgIpc) is 3.24. The Morgan fingerprint density at radius 2 is 1.79 bits per heavy atom. The molecule has 34 heavy (non-hydrogen) atoms. The van der Waals surface area contributed by atoms with Crippen LogP contribution in [-0.2, 0) is 17.6 Å². The summed E-state index contributed by atoms with van der Waals surface area (Å²) in [7, 11) is 0. The topological polar surface area (TPSA) is 119 Å². The van der Waals surface area contributed by atoms with Gasteiger partial charge in [-0.25, -0.2) is 0 Å². The maximum absolute atomic E-state index is 11.9. The minimum atomic E-state index is -0.0874. The Labute approximate surface area is 206 Å². The van der Waals surface area contributed by atoms with Crippen LogP contribution in [0.15, 0.2) is 59.9 Å². The van der Waals surface area contributed by atoms with E-state index in [0.29, 0.717) is 25.2 Å². The molecule has 0 atom stereocenters. The van der Waals surface area contributed by atoms with Crippen LogP contribution >= 0.6 is 11.3 Å². The third-order valence-electron chi connectivity index (χ3n) is 4.96. The molecule has 0 aromatic carbocycles. The molecule has 0 saturated carbocycles. The number of allylic oxidation sites excluding steroid dienone is 3. The Kier molecular flexibility index (Phi) is 11.3. The number of anilines is 2. The lowest BCUT2D eigenvalue weighted by molar-refractivity contribution is -0.115.